The number of hydrogen-bond donors (Lipinski definition) is 2. The Balaban J connectivity index is 1.91. The molecule has 0 saturated heterocycles. The van der Waals surface area contributed by atoms with Crippen LogP contribution in [0.3, 0.4) is 0 Å². The molecule has 5 heteroatoms. The Labute approximate surface area is 174 Å². The van der Waals surface area contributed by atoms with Gasteiger partial charge < -0.3 is 14.9 Å². The average molecular weight is 411 g/mol. The number of halogens is 1. The number of rotatable bonds is 10. The predicted octanol–water partition coefficient (Wildman–Crippen LogP) is 4.96. The highest BCUT2D eigenvalue weighted by molar-refractivity contribution is 6.21. The number of carbonyl (C=O) groups is 1. The molecule has 0 heterocycles. The molecular formula is C23H35ClO4. The van der Waals surface area contributed by atoms with Crippen LogP contribution in [0.15, 0.2) is 24.3 Å². The Morgan fingerprint density at radius 1 is 1.18 bits per heavy atom. The molecule has 5 unspecified atom stereocenters. The molecule has 5 atom stereocenters. The summed E-state index contributed by atoms with van der Waals surface area (Å²) < 4.78 is 4.66. The molecule has 1 fully saturated rings. The van der Waals surface area contributed by atoms with Crippen molar-refractivity contribution >= 4 is 17.6 Å². The summed E-state index contributed by atoms with van der Waals surface area (Å²) in [5.74, 6) is 0.314. The summed E-state index contributed by atoms with van der Waals surface area (Å²) in [6, 6.07) is 8.01. The molecule has 1 aliphatic rings. The molecule has 0 aromatic heterocycles. The number of unbranched alkanes of at least 4 members (excludes halogenated alkanes) is 3. The van der Waals surface area contributed by atoms with E-state index >= 15 is 0 Å². The van der Waals surface area contributed by atoms with Crippen LogP contribution in [-0.2, 0) is 9.53 Å². The average Bonchev–Trinajstić information content (AvgIpc) is 2.96. The van der Waals surface area contributed by atoms with Crippen LogP contribution in [0.2, 0.25) is 0 Å². The molecule has 1 aliphatic carbocycles. The lowest BCUT2D eigenvalue weighted by Gasteiger charge is -2.25. The lowest BCUT2D eigenvalue weighted by molar-refractivity contribution is -0.140. The van der Waals surface area contributed by atoms with Gasteiger partial charge in [0.1, 0.15) is 0 Å². The third kappa shape index (κ3) is 6.20. The molecule has 0 amide bonds. The van der Waals surface area contributed by atoms with Gasteiger partial charge in [-0.25, -0.2) is 0 Å². The minimum atomic E-state index is -0.468. The van der Waals surface area contributed by atoms with E-state index in [2.05, 4.69) is 4.74 Å². The summed E-state index contributed by atoms with van der Waals surface area (Å²) in [5.41, 5.74) is 2.02. The number of aliphatic hydroxyl groups excluding tert-OH is 2. The van der Waals surface area contributed by atoms with Gasteiger partial charge in [-0.2, -0.15) is 0 Å². The number of esters is 1. The topological polar surface area (TPSA) is 66.8 Å². The highest BCUT2D eigenvalue weighted by atomic mass is 35.5. The quantitative estimate of drug-likeness (QED) is 0.325. The van der Waals surface area contributed by atoms with E-state index in [0.717, 1.165) is 43.2 Å². The summed E-state index contributed by atoms with van der Waals surface area (Å²) in [5, 5.41) is 20.8. The van der Waals surface area contributed by atoms with Crippen LogP contribution < -0.4 is 0 Å². The Bertz CT molecular complexity index is 601. The maximum atomic E-state index is 11.2. The van der Waals surface area contributed by atoms with Gasteiger partial charge in [-0.15, -0.1) is 11.6 Å². The number of benzene rings is 1. The standard InChI is InChI=1S/C23H35ClO4/c1-15(2)23(27)17-12-10-16(11-13-17)22-18(19(24)14-20(22)25)8-6-4-5-7-9-21(26)28-3/h10-13,15,18-20,22-23,25,27H,4-9,14H2,1-3H3. The molecule has 2 N–H and O–H groups in total. The Morgan fingerprint density at radius 3 is 2.43 bits per heavy atom. The van der Waals surface area contributed by atoms with Gasteiger partial charge in [0.2, 0.25) is 0 Å². The Morgan fingerprint density at radius 2 is 1.82 bits per heavy atom. The summed E-state index contributed by atoms with van der Waals surface area (Å²) in [7, 11) is 1.42. The smallest absolute Gasteiger partial charge is 0.305 e. The molecule has 1 saturated carbocycles. The summed E-state index contributed by atoms with van der Waals surface area (Å²) >= 11 is 6.58. The SMILES string of the molecule is COC(=O)CCCCCCC1C(Cl)CC(O)C1c1ccc(C(O)C(C)C)cc1. The minimum Gasteiger partial charge on any atom is -0.469 e. The van der Waals surface area contributed by atoms with E-state index in [1.54, 1.807) is 0 Å². The van der Waals surface area contributed by atoms with Crippen molar-refractivity contribution in [3.8, 4) is 0 Å². The normalized spacial score (nSPS) is 25.8. The number of methoxy groups -OCH3 is 1. The fourth-order valence-electron chi connectivity index (χ4n) is 4.30. The van der Waals surface area contributed by atoms with E-state index in [0.29, 0.717) is 12.8 Å². The number of ether oxygens (including phenoxy) is 1. The van der Waals surface area contributed by atoms with Crippen molar-refractivity contribution in [3.63, 3.8) is 0 Å². The molecule has 0 aliphatic heterocycles. The monoisotopic (exact) mass is 410 g/mol. The van der Waals surface area contributed by atoms with Gasteiger partial charge in [0, 0.05) is 17.7 Å². The van der Waals surface area contributed by atoms with Crippen molar-refractivity contribution in [1.29, 1.82) is 0 Å². The molecule has 4 nitrogen and oxygen atoms in total. The number of hydrogen-bond acceptors (Lipinski definition) is 4. The molecule has 0 radical (unpaired) electrons. The van der Waals surface area contributed by atoms with Crippen molar-refractivity contribution in [2.75, 3.05) is 7.11 Å². The van der Waals surface area contributed by atoms with Gasteiger partial charge in [0.15, 0.2) is 0 Å². The van der Waals surface area contributed by atoms with Crippen LogP contribution in [0, 0.1) is 11.8 Å². The summed E-state index contributed by atoms with van der Waals surface area (Å²) in [4.78, 5) is 11.2. The van der Waals surface area contributed by atoms with Gasteiger partial charge in [0.25, 0.3) is 0 Å². The minimum absolute atomic E-state index is 0.0176. The highest BCUT2D eigenvalue weighted by Gasteiger charge is 2.41. The second kappa shape index (κ2) is 11.2. The van der Waals surface area contributed by atoms with Crippen molar-refractivity contribution in [2.24, 2.45) is 11.8 Å². The van der Waals surface area contributed by atoms with Crippen LogP contribution in [0.4, 0.5) is 0 Å². The maximum Gasteiger partial charge on any atom is 0.305 e. The molecule has 1 aromatic rings. The van der Waals surface area contributed by atoms with E-state index in [1.165, 1.54) is 7.11 Å². The molecular weight excluding hydrogens is 376 g/mol. The van der Waals surface area contributed by atoms with E-state index in [4.69, 9.17) is 11.6 Å². The fourth-order valence-corrected chi connectivity index (χ4v) is 4.76. The van der Waals surface area contributed by atoms with Gasteiger partial charge in [0.05, 0.1) is 19.3 Å². The fraction of sp³-hybridized carbons (Fsp3) is 0.696. The molecule has 158 valence electrons. The van der Waals surface area contributed by atoms with Crippen molar-refractivity contribution in [1.82, 2.24) is 0 Å². The highest BCUT2D eigenvalue weighted by Crippen LogP contribution is 2.45. The van der Waals surface area contributed by atoms with Crippen molar-refractivity contribution in [2.45, 2.75) is 82.3 Å². The van der Waals surface area contributed by atoms with Crippen molar-refractivity contribution < 1.29 is 19.7 Å². The third-order valence-corrected chi connectivity index (χ3v) is 6.50. The first-order valence-corrected chi connectivity index (χ1v) is 11.0. The first-order valence-electron chi connectivity index (χ1n) is 10.5. The Kier molecular flexibility index (Phi) is 9.26. The van der Waals surface area contributed by atoms with E-state index < -0.39 is 12.2 Å². The molecule has 2 rings (SSSR count). The van der Waals surface area contributed by atoms with Gasteiger partial charge in [-0.05, 0) is 42.2 Å². The van der Waals surface area contributed by atoms with Crippen LogP contribution in [0.5, 0.6) is 0 Å². The van der Waals surface area contributed by atoms with Gasteiger partial charge in [-0.1, -0.05) is 57.4 Å². The first-order chi connectivity index (χ1) is 13.3. The maximum absolute atomic E-state index is 11.2. The van der Waals surface area contributed by atoms with Crippen LogP contribution in [0.1, 0.15) is 81.9 Å². The molecule has 28 heavy (non-hydrogen) atoms. The van der Waals surface area contributed by atoms with Crippen LogP contribution >= 0.6 is 11.6 Å². The second-order valence-electron chi connectivity index (χ2n) is 8.39. The zero-order valence-electron chi connectivity index (χ0n) is 17.3. The molecule has 0 bridgehead atoms. The van der Waals surface area contributed by atoms with E-state index in [1.807, 2.05) is 38.1 Å². The van der Waals surface area contributed by atoms with E-state index in [9.17, 15) is 15.0 Å². The van der Waals surface area contributed by atoms with Gasteiger partial charge >= 0.3 is 5.97 Å². The number of aliphatic hydroxyl groups is 2. The summed E-state index contributed by atoms with van der Waals surface area (Å²) in [6.07, 6.45) is 5.14. The van der Waals surface area contributed by atoms with Crippen LogP contribution in [-0.4, -0.2) is 34.8 Å². The second-order valence-corrected chi connectivity index (χ2v) is 8.95. The number of carbonyl (C=O) groups excluding carboxylic acids is 1. The Hall–Kier alpha value is -1.10. The molecule has 0 spiro atoms. The first kappa shape index (κ1) is 23.2. The molecule has 1 aromatic carbocycles. The summed E-state index contributed by atoms with van der Waals surface area (Å²) in [6.45, 7) is 4.00. The lowest BCUT2D eigenvalue weighted by atomic mass is 9.83. The van der Waals surface area contributed by atoms with Gasteiger partial charge in [-0.3, -0.25) is 4.79 Å². The third-order valence-electron chi connectivity index (χ3n) is 6.00. The lowest BCUT2D eigenvalue weighted by Crippen LogP contribution is -2.19. The zero-order chi connectivity index (χ0) is 20.7. The largest absolute Gasteiger partial charge is 0.469 e. The predicted molar refractivity (Wildman–Crippen MR) is 112 cm³/mol. The van der Waals surface area contributed by atoms with Crippen LogP contribution in [0.25, 0.3) is 0 Å². The van der Waals surface area contributed by atoms with Crippen molar-refractivity contribution in [3.05, 3.63) is 35.4 Å². The number of alkyl halides is 1. The zero-order valence-corrected chi connectivity index (χ0v) is 18.1. The van der Waals surface area contributed by atoms with E-state index in [-0.39, 0.29) is 29.1 Å².